The Morgan fingerprint density at radius 2 is 2.04 bits per heavy atom. The van der Waals surface area contributed by atoms with Gasteiger partial charge in [-0.05, 0) is 24.1 Å². The van der Waals surface area contributed by atoms with Crippen molar-refractivity contribution < 1.29 is 17.6 Å². The summed E-state index contributed by atoms with van der Waals surface area (Å²) >= 11 is 0. The first-order valence-electron chi connectivity index (χ1n) is 8.33. The Hall–Kier alpha value is -2.32. The third-order valence-electron chi connectivity index (χ3n) is 4.28. The quantitative estimate of drug-likeness (QED) is 0.798. The molecule has 0 saturated carbocycles. The van der Waals surface area contributed by atoms with Crippen LogP contribution in [0.2, 0.25) is 0 Å². The molecule has 2 heterocycles. The second-order valence-corrected chi connectivity index (χ2v) is 8.27. The minimum atomic E-state index is -3.79. The number of hydrogen-bond acceptors (Lipinski definition) is 4. The van der Waals surface area contributed by atoms with Gasteiger partial charge in [0.2, 0.25) is 15.9 Å². The van der Waals surface area contributed by atoms with Crippen molar-refractivity contribution >= 4 is 15.9 Å². The normalized spacial score (nSPS) is 17.5. The first-order valence-corrected chi connectivity index (χ1v) is 9.94. The van der Waals surface area contributed by atoms with Gasteiger partial charge in [-0.2, -0.15) is 4.31 Å². The van der Waals surface area contributed by atoms with Crippen molar-refractivity contribution in [1.29, 1.82) is 0 Å². The Bertz CT molecular complexity index is 874. The molecule has 0 unspecified atom stereocenters. The zero-order chi connectivity index (χ0) is 18.6. The second kappa shape index (κ2) is 7.92. The van der Waals surface area contributed by atoms with E-state index < -0.39 is 21.6 Å². The fourth-order valence-corrected chi connectivity index (χ4v) is 4.50. The van der Waals surface area contributed by atoms with Gasteiger partial charge in [-0.1, -0.05) is 24.3 Å². The first kappa shape index (κ1) is 18.5. The van der Waals surface area contributed by atoms with E-state index in [1.165, 1.54) is 22.5 Å². The van der Waals surface area contributed by atoms with Crippen molar-refractivity contribution in [2.45, 2.75) is 31.2 Å². The summed E-state index contributed by atoms with van der Waals surface area (Å²) in [6.07, 6.45) is 4.17. The summed E-state index contributed by atoms with van der Waals surface area (Å²) in [4.78, 5) is 15.5. The number of carbonyl (C=O) groups is 1. The Morgan fingerprint density at radius 1 is 1.23 bits per heavy atom. The number of nitrogens with one attached hydrogen (secondary N) is 1. The van der Waals surface area contributed by atoms with E-state index in [-0.39, 0.29) is 30.6 Å². The first-order chi connectivity index (χ1) is 12.4. The van der Waals surface area contributed by atoms with Crippen LogP contribution in [-0.4, -0.2) is 36.2 Å². The van der Waals surface area contributed by atoms with E-state index in [1.54, 1.807) is 30.6 Å². The van der Waals surface area contributed by atoms with Crippen LogP contribution in [-0.2, 0) is 27.1 Å². The van der Waals surface area contributed by atoms with E-state index in [4.69, 9.17) is 0 Å². The van der Waals surface area contributed by atoms with Crippen molar-refractivity contribution in [2.75, 3.05) is 6.54 Å². The Kier molecular flexibility index (Phi) is 5.63. The molecule has 3 rings (SSSR count). The van der Waals surface area contributed by atoms with Crippen molar-refractivity contribution in [2.24, 2.45) is 0 Å². The molecule has 8 heteroatoms. The third-order valence-corrected chi connectivity index (χ3v) is 6.02. The van der Waals surface area contributed by atoms with Gasteiger partial charge in [-0.15, -0.1) is 0 Å². The number of carbonyl (C=O) groups excluding carboxylic acids is 1. The molecule has 1 N–H and O–H groups in total. The predicted octanol–water partition coefficient (Wildman–Crippen LogP) is 1.83. The van der Waals surface area contributed by atoms with Gasteiger partial charge in [0.25, 0.3) is 0 Å². The molecule has 1 aliphatic heterocycles. The second-order valence-electron chi connectivity index (χ2n) is 6.30. The molecule has 0 aliphatic carbocycles. The van der Waals surface area contributed by atoms with Crippen LogP contribution in [0.25, 0.3) is 0 Å². The number of aromatic nitrogens is 1. The smallest absolute Gasteiger partial charge is 0.220 e. The van der Waals surface area contributed by atoms with Gasteiger partial charge in [0, 0.05) is 43.5 Å². The Labute approximate surface area is 152 Å². The average Bonchev–Trinajstić information content (AvgIpc) is 3.02. The summed E-state index contributed by atoms with van der Waals surface area (Å²) in [6, 6.07) is 9.11. The molecule has 1 aromatic carbocycles. The van der Waals surface area contributed by atoms with E-state index in [2.05, 4.69) is 10.3 Å². The summed E-state index contributed by atoms with van der Waals surface area (Å²) in [6.45, 7) is 0.272. The summed E-state index contributed by atoms with van der Waals surface area (Å²) < 4.78 is 41.1. The standard InChI is InChI=1S/C18H20FN3O3S/c19-17-6-2-1-5-15(17)13-26(24,25)22(11-14-4-3-9-20-10-14)12-16-7-8-18(23)21-16/h1-6,9-10,16H,7-8,11-13H2,(H,21,23)/t16-/m0/s1. The van der Waals surface area contributed by atoms with Gasteiger partial charge in [0.15, 0.2) is 0 Å². The molecule has 0 spiro atoms. The zero-order valence-corrected chi connectivity index (χ0v) is 15.0. The summed E-state index contributed by atoms with van der Waals surface area (Å²) in [7, 11) is -3.79. The van der Waals surface area contributed by atoms with Crippen LogP contribution in [0.5, 0.6) is 0 Å². The Morgan fingerprint density at radius 3 is 2.69 bits per heavy atom. The molecule has 6 nitrogen and oxygen atoms in total. The SMILES string of the molecule is O=C1CC[C@@H](CN(Cc2cccnc2)S(=O)(=O)Cc2ccccc2F)N1. The predicted molar refractivity (Wildman–Crippen MR) is 94.8 cm³/mol. The number of halogens is 1. The van der Waals surface area contributed by atoms with E-state index in [1.807, 2.05) is 0 Å². The summed E-state index contributed by atoms with van der Waals surface area (Å²) in [5.41, 5.74) is 0.855. The van der Waals surface area contributed by atoms with Gasteiger partial charge in [-0.3, -0.25) is 9.78 Å². The lowest BCUT2D eigenvalue weighted by molar-refractivity contribution is -0.119. The lowest BCUT2D eigenvalue weighted by atomic mass is 10.2. The largest absolute Gasteiger partial charge is 0.352 e. The highest BCUT2D eigenvalue weighted by molar-refractivity contribution is 7.88. The fraction of sp³-hybridized carbons (Fsp3) is 0.333. The highest BCUT2D eigenvalue weighted by atomic mass is 32.2. The van der Waals surface area contributed by atoms with Crippen LogP contribution in [0.4, 0.5) is 4.39 Å². The third kappa shape index (κ3) is 4.64. The zero-order valence-electron chi connectivity index (χ0n) is 14.1. The molecule has 1 saturated heterocycles. The van der Waals surface area contributed by atoms with Crippen LogP contribution >= 0.6 is 0 Å². The van der Waals surface area contributed by atoms with Crippen LogP contribution in [0.3, 0.4) is 0 Å². The van der Waals surface area contributed by atoms with Crippen molar-refractivity contribution in [3.8, 4) is 0 Å². The number of hydrogen-bond donors (Lipinski definition) is 1. The molecule has 2 aromatic rings. The minimum Gasteiger partial charge on any atom is -0.352 e. The summed E-state index contributed by atoms with van der Waals surface area (Å²) in [5.74, 6) is -1.06. The highest BCUT2D eigenvalue weighted by Crippen LogP contribution is 2.19. The number of nitrogens with zero attached hydrogens (tertiary/aromatic N) is 2. The molecule has 138 valence electrons. The average molecular weight is 377 g/mol. The lowest BCUT2D eigenvalue weighted by Crippen LogP contribution is -2.42. The van der Waals surface area contributed by atoms with Gasteiger partial charge in [0.05, 0.1) is 5.75 Å². The van der Waals surface area contributed by atoms with Crippen LogP contribution in [0.1, 0.15) is 24.0 Å². The number of sulfonamides is 1. The maximum Gasteiger partial charge on any atom is 0.220 e. The van der Waals surface area contributed by atoms with Crippen LogP contribution in [0.15, 0.2) is 48.8 Å². The van der Waals surface area contributed by atoms with Gasteiger partial charge >= 0.3 is 0 Å². The van der Waals surface area contributed by atoms with Gasteiger partial charge < -0.3 is 5.32 Å². The maximum absolute atomic E-state index is 13.9. The molecule has 1 amide bonds. The molecular formula is C18H20FN3O3S. The molecule has 1 aromatic heterocycles. The monoisotopic (exact) mass is 377 g/mol. The van der Waals surface area contributed by atoms with Gasteiger partial charge in [0.1, 0.15) is 5.82 Å². The highest BCUT2D eigenvalue weighted by Gasteiger charge is 2.30. The summed E-state index contributed by atoms with van der Waals surface area (Å²) in [5, 5.41) is 2.78. The molecule has 0 bridgehead atoms. The van der Waals surface area contributed by atoms with Crippen LogP contribution < -0.4 is 5.32 Å². The minimum absolute atomic E-state index is 0.0807. The number of benzene rings is 1. The molecule has 1 fully saturated rings. The molecule has 26 heavy (non-hydrogen) atoms. The number of amides is 1. The van der Waals surface area contributed by atoms with Crippen molar-refractivity contribution in [3.63, 3.8) is 0 Å². The van der Waals surface area contributed by atoms with Crippen molar-refractivity contribution in [3.05, 3.63) is 65.7 Å². The molecule has 1 aliphatic rings. The fourth-order valence-electron chi connectivity index (χ4n) is 2.94. The Balaban J connectivity index is 1.83. The van der Waals surface area contributed by atoms with Gasteiger partial charge in [-0.25, -0.2) is 12.8 Å². The molecule has 0 radical (unpaired) electrons. The van der Waals surface area contributed by atoms with E-state index in [9.17, 15) is 17.6 Å². The molecular weight excluding hydrogens is 357 g/mol. The van der Waals surface area contributed by atoms with Crippen LogP contribution in [0, 0.1) is 5.82 Å². The lowest BCUT2D eigenvalue weighted by Gasteiger charge is -2.25. The topological polar surface area (TPSA) is 79.4 Å². The van der Waals surface area contributed by atoms with E-state index >= 15 is 0 Å². The molecule has 1 atom stereocenters. The number of pyridine rings is 1. The number of rotatable bonds is 7. The maximum atomic E-state index is 13.9. The van der Waals surface area contributed by atoms with Crippen molar-refractivity contribution in [1.82, 2.24) is 14.6 Å². The van der Waals surface area contributed by atoms with E-state index in [0.29, 0.717) is 12.8 Å². The van der Waals surface area contributed by atoms with E-state index in [0.717, 1.165) is 5.56 Å².